The van der Waals surface area contributed by atoms with E-state index >= 15 is 0 Å². The van der Waals surface area contributed by atoms with E-state index in [1.54, 1.807) is 39.7 Å². The highest BCUT2D eigenvalue weighted by atomic mass is 16.5. The standard InChI is InChI=1S/C15H14N2O4/c1-18-11-7-9(8-12(19-2)13(11)20-3)14-17-10-5-4-6-16-15(10)21-14/h4-8H,1-3H3. The van der Waals surface area contributed by atoms with Crippen LogP contribution in [0.15, 0.2) is 34.9 Å². The highest BCUT2D eigenvalue weighted by Crippen LogP contribution is 2.41. The molecule has 2 heterocycles. The number of hydrogen-bond donors (Lipinski definition) is 0. The monoisotopic (exact) mass is 286 g/mol. The van der Waals surface area contributed by atoms with Crippen LogP contribution < -0.4 is 14.2 Å². The SMILES string of the molecule is COc1cc(-c2nc3cccnc3o2)cc(OC)c1OC. The number of fused-ring (bicyclic) bond motifs is 1. The van der Waals surface area contributed by atoms with Crippen LogP contribution >= 0.6 is 0 Å². The van der Waals surface area contributed by atoms with Gasteiger partial charge in [0.1, 0.15) is 5.52 Å². The van der Waals surface area contributed by atoms with Crippen molar-refractivity contribution in [2.75, 3.05) is 21.3 Å². The number of pyridine rings is 1. The summed E-state index contributed by atoms with van der Waals surface area (Å²) in [7, 11) is 4.69. The highest BCUT2D eigenvalue weighted by Gasteiger charge is 2.17. The van der Waals surface area contributed by atoms with Crippen molar-refractivity contribution in [3.63, 3.8) is 0 Å². The van der Waals surface area contributed by atoms with Crippen molar-refractivity contribution in [3.8, 4) is 28.7 Å². The van der Waals surface area contributed by atoms with Crippen molar-refractivity contribution in [1.29, 1.82) is 0 Å². The predicted octanol–water partition coefficient (Wildman–Crippen LogP) is 2.92. The Morgan fingerprint density at radius 1 is 1.00 bits per heavy atom. The summed E-state index contributed by atoms with van der Waals surface area (Å²) in [5, 5.41) is 0. The molecule has 3 aromatic rings. The Morgan fingerprint density at radius 3 is 2.29 bits per heavy atom. The fourth-order valence-corrected chi connectivity index (χ4v) is 2.10. The molecule has 0 amide bonds. The summed E-state index contributed by atoms with van der Waals surface area (Å²) in [4.78, 5) is 8.54. The molecule has 108 valence electrons. The lowest BCUT2D eigenvalue weighted by molar-refractivity contribution is 0.324. The molecule has 0 N–H and O–H groups in total. The lowest BCUT2D eigenvalue weighted by Crippen LogP contribution is -1.95. The molecule has 0 saturated carbocycles. The third-order valence-electron chi connectivity index (χ3n) is 3.08. The first-order valence-corrected chi connectivity index (χ1v) is 6.28. The van der Waals surface area contributed by atoms with Crippen LogP contribution in [-0.2, 0) is 0 Å². The lowest BCUT2D eigenvalue weighted by Gasteiger charge is -2.12. The highest BCUT2D eigenvalue weighted by molar-refractivity contribution is 5.74. The van der Waals surface area contributed by atoms with Gasteiger partial charge in [0.2, 0.25) is 17.4 Å². The van der Waals surface area contributed by atoms with E-state index in [1.807, 2.05) is 12.1 Å². The van der Waals surface area contributed by atoms with Gasteiger partial charge in [-0.3, -0.25) is 0 Å². The molecule has 0 bridgehead atoms. The molecule has 0 spiro atoms. The molecule has 21 heavy (non-hydrogen) atoms. The van der Waals surface area contributed by atoms with Gasteiger partial charge < -0.3 is 18.6 Å². The summed E-state index contributed by atoms with van der Waals surface area (Å²) in [6, 6.07) is 7.22. The number of methoxy groups -OCH3 is 3. The predicted molar refractivity (Wildman–Crippen MR) is 76.9 cm³/mol. The van der Waals surface area contributed by atoms with E-state index in [4.69, 9.17) is 18.6 Å². The normalized spacial score (nSPS) is 10.6. The van der Waals surface area contributed by atoms with Gasteiger partial charge in [-0.15, -0.1) is 0 Å². The van der Waals surface area contributed by atoms with Crippen LogP contribution in [-0.4, -0.2) is 31.3 Å². The van der Waals surface area contributed by atoms with Gasteiger partial charge in [-0.2, -0.15) is 0 Å². The second-order valence-corrected chi connectivity index (χ2v) is 4.26. The summed E-state index contributed by atoms with van der Waals surface area (Å²) >= 11 is 0. The van der Waals surface area contributed by atoms with Crippen molar-refractivity contribution in [2.24, 2.45) is 0 Å². The van der Waals surface area contributed by atoms with Crippen LogP contribution in [0.3, 0.4) is 0 Å². The number of ether oxygens (including phenoxy) is 3. The summed E-state index contributed by atoms with van der Waals surface area (Å²) in [6.45, 7) is 0. The Bertz CT molecular complexity index is 724. The zero-order valence-electron chi connectivity index (χ0n) is 11.9. The van der Waals surface area contributed by atoms with Crippen molar-refractivity contribution in [2.45, 2.75) is 0 Å². The van der Waals surface area contributed by atoms with Gasteiger partial charge in [-0.25, -0.2) is 9.97 Å². The molecule has 1 aromatic carbocycles. The van der Waals surface area contributed by atoms with Crippen LogP contribution in [0.5, 0.6) is 17.2 Å². The molecular formula is C15H14N2O4. The van der Waals surface area contributed by atoms with Crippen LogP contribution in [0.2, 0.25) is 0 Å². The number of hydrogen-bond acceptors (Lipinski definition) is 6. The molecule has 6 nitrogen and oxygen atoms in total. The lowest BCUT2D eigenvalue weighted by atomic mass is 10.2. The molecule has 0 aliphatic rings. The molecule has 0 aliphatic carbocycles. The van der Waals surface area contributed by atoms with Crippen molar-refractivity contribution < 1.29 is 18.6 Å². The molecule has 0 aliphatic heterocycles. The minimum absolute atomic E-state index is 0.447. The zero-order valence-corrected chi connectivity index (χ0v) is 11.9. The van der Waals surface area contributed by atoms with Gasteiger partial charge >= 0.3 is 0 Å². The molecule has 3 rings (SSSR count). The third-order valence-corrected chi connectivity index (χ3v) is 3.08. The first-order valence-electron chi connectivity index (χ1n) is 6.28. The average Bonchev–Trinajstić information content (AvgIpc) is 2.97. The van der Waals surface area contributed by atoms with E-state index in [0.29, 0.717) is 34.4 Å². The number of benzene rings is 1. The Morgan fingerprint density at radius 2 is 1.71 bits per heavy atom. The van der Waals surface area contributed by atoms with Crippen molar-refractivity contribution >= 4 is 11.2 Å². The Kier molecular flexibility index (Phi) is 3.35. The first-order chi connectivity index (χ1) is 10.3. The van der Waals surface area contributed by atoms with Crippen LogP contribution in [0.4, 0.5) is 0 Å². The third kappa shape index (κ3) is 2.24. The van der Waals surface area contributed by atoms with Gasteiger partial charge in [0.15, 0.2) is 11.5 Å². The van der Waals surface area contributed by atoms with Gasteiger partial charge in [0.25, 0.3) is 0 Å². The maximum Gasteiger partial charge on any atom is 0.247 e. The molecule has 0 saturated heterocycles. The quantitative estimate of drug-likeness (QED) is 0.734. The first kappa shape index (κ1) is 13.2. The van der Waals surface area contributed by atoms with Crippen LogP contribution in [0, 0.1) is 0 Å². The minimum Gasteiger partial charge on any atom is -0.493 e. The van der Waals surface area contributed by atoms with Gasteiger partial charge in [-0.1, -0.05) is 0 Å². The van der Waals surface area contributed by atoms with E-state index in [9.17, 15) is 0 Å². The zero-order chi connectivity index (χ0) is 14.8. The smallest absolute Gasteiger partial charge is 0.247 e. The number of oxazole rings is 1. The molecule has 0 radical (unpaired) electrons. The summed E-state index contributed by atoms with van der Waals surface area (Å²) in [5.41, 5.74) is 1.91. The van der Waals surface area contributed by atoms with E-state index in [1.165, 1.54) is 0 Å². The molecular weight excluding hydrogens is 272 g/mol. The molecule has 0 atom stereocenters. The molecule has 2 aromatic heterocycles. The minimum atomic E-state index is 0.447. The maximum absolute atomic E-state index is 5.65. The number of aromatic nitrogens is 2. The topological polar surface area (TPSA) is 66.6 Å². The van der Waals surface area contributed by atoms with Crippen molar-refractivity contribution in [3.05, 3.63) is 30.5 Å². The van der Waals surface area contributed by atoms with E-state index < -0.39 is 0 Å². The van der Waals surface area contributed by atoms with Gasteiger partial charge in [0.05, 0.1) is 21.3 Å². The largest absolute Gasteiger partial charge is 0.493 e. The fraction of sp³-hybridized carbons (Fsp3) is 0.200. The van der Waals surface area contributed by atoms with Gasteiger partial charge in [-0.05, 0) is 24.3 Å². The molecule has 0 unspecified atom stereocenters. The molecule has 0 fully saturated rings. The van der Waals surface area contributed by atoms with Crippen molar-refractivity contribution in [1.82, 2.24) is 9.97 Å². The Hall–Kier alpha value is -2.76. The van der Waals surface area contributed by atoms with Crippen LogP contribution in [0.25, 0.3) is 22.7 Å². The molecule has 6 heteroatoms. The summed E-state index contributed by atoms with van der Waals surface area (Å²) < 4.78 is 21.6. The average molecular weight is 286 g/mol. The second-order valence-electron chi connectivity index (χ2n) is 4.26. The Labute approximate surface area is 121 Å². The van der Waals surface area contributed by atoms with Gasteiger partial charge in [0, 0.05) is 11.8 Å². The number of rotatable bonds is 4. The summed E-state index contributed by atoms with van der Waals surface area (Å²) in [5.74, 6) is 2.06. The Balaban J connectivity index is 2.17. The summed E-state index contributed by atoms with van der Waals surface area (Å²) in [6.07, 6.45) is 1.66. The fourth-order valence-electron chi connectivity index (χ4n) is 2.10. The van der Waals surface area contributed by atoms with Crippen LogP contribution in [0.1, 0.15) is 0 Å². The maximum atomic E-state index is 5.65. The van der Waals surface area contributed by atoms with E-state index in [0.717, 1.165) is 5.56 Å². The number of nitrogens with zero attached hydrogens (tertiary/aromatic N) is 2. The van der Waals surface area contributed by atoms with E-state index in [-0.39, 0.29) is 0 Å². The van der Waals surface area contributed by atoms with E-state index in [2.05, 4.69) is 9.97 Å². The second kappa shape index (κ2) is 5.32.